The molecule has 2 aliphatic rings. The molecule has 1 saturated carbocycles. The van der Waals surface area contributed by atoms with Crippen molar-refractivity contribution in [2.24, 2.45) is 5.92 Å². The number of nitrogens with one attached hydrogen (secondary N) is 3. The Morgan fingerprint density at radius 1 is 1.03 bits per heavy atom. The van der Waals surface area contributed by atoms with Crippen LogP contribution in [0, 0.1) is 5.92 Å². The van der Waals surface area contributed by atoms with Crippen molar-refractivity contribution >= 4 is 27.5 Å². The lowest BCUT2D eigenvalue weighted by molar-refractivity contribution is -0.123. The lowest BCUT2D eigenvalue weighted by Gasteiger charge is -2.29. The molecule has 0 bridgehead atoms. The van der Waals surface area contributed by atoms with E-state index in [0.29, 0.717) is 30.0 Å². The van der Waals surface area contributed by atoms with Gasteiger partial charge in [0.1, 0.15) is 6.04 Å². The maximum atomic E-state index is 13.2. The molecular weight excluding hydrogens is 426 g/mol. The van der Waals surface area contributed by atoms with Gasteiger partial charge in [-0.15, -0.1) is 0 Å². The number of amides is 2. The predicted molar refractivity (Wildman–Crippen MR) is 122 cm³/mol. The maximum Gasteiger partial charge on any atom is 0.242 e. The number of rotatable bonds is 6. The molecule has 170 valence electrons. The molecule has 2 amide bonds. The number of hydrogen-bond acceptors (Lipinski definition) is 4. The zero-order valence-corrected chi connectivity index (χ0v) is 19.0. The summed E-state index contributed by atoms with van der Waals surface area (Å²) in [6.45, 7) is 2.21. The van der Waals surface area contributed by atoms with Crippen molar-refractivity contribution in [1.82, 2.24) is 10.0 Å². The summed E-state index contributed by atoms with van der Waals surface area (Å²) < 4.78 is 29.1. The summed E-state index contributed by atoms with van der Waals surface area (Å²) in [6.07, 6.45) is 4.71. The minimum Gasteiger partial charge on any atom is -0.352 e. The van der Waals surface area contributed by atoms with Crippen LogP contribution < -0.4 is 15.4 Å². The highest BCUT2D eigenvalue weighted by molar-refractivity contribution is 7.89. The van der Waals surface area contributed by atoms with Crippen LogP contribution in [-0.2, 0) is 26.0 Å². The number of fused-ring (bicyclic) bond motifs is 1. The standard InChI is InChI=1S/C24H29N3O4S/c1-16-7-10-19(11-8-16)25-24(29)23(17-5-3-2-4-6-17)27-32(30,31)20-12-13-21-18(15-20)9-14-22(28)26-21/h2-6,12-13,15-16,19,23,27H,7-11,14H2,1H3,(H,25,29)(H,26,28)/t16?,19?,23-/m1/s1. The van der Waals surface area contributed by atoms with Gasteiger partial charge < -0.3 is 10.6 Å². The number of hydrogen-bond donors (Lipinski definition) is 3. The van der Waals surface area contributed by atoms with Crippen LogP contribution >= 0.6 is 0 Å². The van der Waals surface area contributed by atoms with E-state index in [9.17, 15) is 18.0 Å². The first-order valence-electron chi connectivity index (χ1n) is 11.1. The third-order valence-electron chi connectivity index (χ3n) is 6.31. The van der Waals surface area contributed by atoms with Gasteiger partial charge in [0.15, 0.2) is 0 Å². The Morgan fingerprint density at radius 3 is 2.47 bits per heavy atom. The second kappa shape index (κ2) is 9.42. The normalized spacial score (nSPS) is 21.8. The Kier molecular flexibility index (Phi) is 6.62. The number of carbonyl (C=O) groups excluding carboxylic acids is 2. The van der Waals surface area contributed by atoms with E-state index in [1.807, 2.05) is 6.07 Å². The maximum absolute atomic E-state index is 13.2. The summed E-state index contributed by atoms with van der Waals surface area (Å²) in [5, 5.41) is 5.81. The Balaban J connectivity index is 1.56. The topological polar surface area (TPSA) is 104 Å². The summed E-state index contributed by atoms with van der Waals surface area (Å²) in [7, 11) is -3.97. The van der Waals surface area contributed by atoms with Crippen molar-refractivity contribution in [3.8, 4) is 0 Å². The number of aryl methyl sites for hydroxylation is 1. The van der Waals surface area contributed by atoms with Crippen molar-refractivity contribution in [1.29, 1.82) is 0 Å². The van der Waals surface area contributed by atoms with Gasteiger partial charge in [-0.2, -0.15) is 4.72 Å². The van der Waals surface area contributed by atoms with E-state index < -0.39 is 16.1 Å². The van der Waals surface area contributed by atoms with E-state index in [4.69, 9.17) is 0 Å². The van der Waals surface area contributed by atoms with E-state index >= 15 is 0 Å². The fraction of sp³-hybridized carbons (Fsp3) is 0.417. The Morgan fingerprint density at radius 2 is 1.75 bits per heavy atom. The fourth-order valence-corrected chi connectivity index (χ4v) is 5.59. The molecule has 7 nitrogen and oxygen atoms in total. The average molecular weight is 456 g/mol. The van der Waals surface area contributed by atoms with Gasteiger partial charge in [-0.05, 0) is 67.3 Å². The Hall–Kier alpha value is -2.71. The van der Waals surface area contributed by atoms with Gasteiger partial charge in [0.25, 0.3) is 0 Å². The highest BCUT2D eigenvalue weighted by Gasteiger charge is 2.30. The van der Waals surface area contributed by atoms with Crippen LogP contribution in [0.5, 0.6) is 0 Å². The smallest absolute Gasteiger partial charge is 0.242 e. The van der Waals surface area contributed by atoms with Crippen molar-refractivity contribution in [2.45, 2.75) is 62.4 Å². The number of carbonyl (C=O) groups is 2. The van der Waals surface area contributed by atoms with E-state index in [-0.39, 0.29) is 22.8 Å². The van der Waals surface area contributed by atoms with Gasteiger partial charge >= 0.3 is 0 Å². The first-order valence-corrected chi connectivity index (χ1v) is 12.6. The molecule has 1 aliphatic carbocycles. The summed E-state index contributed by atoms with van der Waals surface area (Å²) in [4.78, 5) is 24.8. The minimum absolute atomic E-state index is 0.0572. The first-order chi connectivity index (χ1) is 15.3. The van der Waals surface area contributed by atoms with Gasteiger partial charge in [-0.3, -0.25) is 9.59 Å². The molecule has 0 saturated heterocycles. The molecule has 1 atom stereocenters. The van der Waals surface area contributed by atoms with Gasteiger partial charge in [0.05, 0.1) is 4.90 Å². The van der Waals surface area contributed by atoms with Crippen LogP contribution in [0.25, 0.3) is 0 Å². The molecule has 0 aromatic heterocycles. The van der Waals surface area contributed by atoms with Crippen LogP contribution in [0.1, 0.15) is 56.2 Å². The van der Waals surface area contributed by atoms with E-state index in [2.05, 4.69) is 22.3 Å². The third-order valence-corrected chi connectivity index (χ3v) is 7.73. The second-order valence-electron chi connectivity index (χ2n) is 8.80. The molecule has 2 aromatic rings. The van der Waals surface area contributed by atoms with Crippen molar-refractivity contribution in [3.05, 3.63) is 59.7 Å². The molecule has 3 N–H and O–H groups in total. The lowest BCUT2D eigenvalue weighted by atomic mass is 9.87. The van der Waals surface area contributed by atoms with Gasteiger partial charge in [0, 0.05) is 18.2 Å². The van der Waals surface area contributed by atoms with Crippen molar-refractivity contribution < 1.29 is 18.0 Å². The van der Waals surface area contributed by atoms with Crippen LogP contribution in [0.4, 0.5) is 5.69 Å². The first kappa shape index (κ1) is 22.5. The highest BCUT2D eigenvalue weighted by atomic mass is 32.2. The predicted octanol–water partition coefficient (Wildman–Crippen LogP) is 3.29. The number of anilines is 1. The number of sulfonamides is 1. The summed E-state index contributed by atoms with van der Waals surface area (Å²) in [5.74, 6) is 0.231. The minimum atomic E-state index is -3.97. The second-order valence-corrected chi connectivity index (χ2v) is 10.5. The molecule has 0 spiro atoms. The molecule has 1 aliphatic heterocycles. The molecule has 8 heteroatoms. The van der Waals surface area contributed by atoms with Crippen LogP contribution in [-0.4, -0.2) is 26.3 Å². The molecule has 1 fully saturated rings. The molecule has 1 heterocycles. The summed E-state index contributed by atoms with van der Waals surface area (Å²) in [6, 6.07) is 12.5. The molecule has 32 heavy (non-hydrogen) atoms. The molecule has 0 radical (unpaired) electrons. The quantitative estimate of drug-likeness (QED) is 0.622. The third kappa shape index (κ3) is 5.19. The average Bonchev–Trinajstić information content (AvgIpc) is 2.79. The monoisotopic (exact) mass is 455 g/mol. The molecule has 4 rings (SSSR count). The van der Waals surface area contributed by atoms with Crippen molar-refractivity contribution in [2.75, 3.05) is 5.32 Å². The summed E-state index contributed by atoms with van der Waals surface area (Å²) >= 11 is 0. The van der Waals surface area contributed by atoms with Gasteiger partial charge in [-0.25, -0.2) is 8.42 Å². The van der Waals surface area contributed by atoms with E-state index in [1.54, 1.807) is 36.4 Å². The van der Waals surface area contributed by atoms with E-state index in [0.717, 1.165) is 31.2 Å². The molecular formula is C24H29N3O4S. The molecule has 2 aromatic carbocycles. The highest BCUT2D eigenvalue weighted by Crippen LogP contribution is 2.27. The van der Waals surface area contributed by atoms with E-state index in [1.165, 1.54) is 6.07 Å². The van der Waals surface area contributed by atoms with Gasteiger partial charge in [0.2, 0.25) is 21.8 Å². The SMILES string of the molecule is CC1CCC(NC(=O)[C@H](NS(=O)(=O)c2ccc3c(c2)CCC(=O)N3)c2ccccc2)CC1. The largest absolute Gasteiger partial charge is 0.352 e. The van der Waals surface area contributed by atoms with Gasteiger partial charge in [-0.1, -0.05) is 37.3 Å². The zero-order valence-electron chi connectivity index (χ0n) is 18.1. The zero-order chi connectivity index (χ0) is 22.7. The van der Waals surface area contributed by atoms with Crippen molar-refractivity contribution in [3.63, 3.8) is 0 Å². The van der Waals surface area contributed by atoms with Crippen LogP contribution in [0.2, 0.25) is 0 Å². The molecule has 0 unspecified atom stereocenters. The fourth-order valence-electron chi connectivity index (χ4n) is 4.36. The van der Waals surface area contributed by atoms with Crippen LogP contribution in [0.3, 0.4) is 0 Å². The Labute approximate surface area is 189 Å². The lowest BCUT2D eigenvalue weighted by Crippen LogP contribution is -2.45. The van der Waals surface area contributed by atoms with Crippen LogP contribution in [0.15, 0.2) is 53.4 Å². The number of benzene rings is 2. The summed E-state index contributed by atoms with van der Waals surface area (Å²) in [5.41, 5.74) is 1.98. The Bertz CT molecular complexity index is 1090.